The summed E-state index contributed by atoms with van der Waals surface area (Å²) in [5.74, 6) is 2.27. The van der Waals surface area contributed by atoms with Gasteiger partial charge in [0.15, 0.2) is 0 Å². The van der Waals surface area contributed by atoms with Crippen molar-refractivity contribution in [2.24, 2.45) is 0 Å². The monoisotopic (exact) mass is 674 g/mol. The molecule has 37 heavy (non-hydrogen) atoms. The number of hydrogen-bond donors (Lipinski definition) is 3. The molecule has 0 radical (unpaired) electrons. The van der Waals surface area contributed by atoms with Crippen LogP contribution in [-0.2, 0) is 4.74 Å². The molecule has 11 nitrogen and oxygen atoms in total. The van der Waals surface area contributed by atoms with Crippen LogP contribution in [0.2, 0.25) is 0 Å². The Hall–Kier alpha value is -1.35. The molecule has 0 atom stereocenters. The predicted octanol–water partition coefficient (Wildman–Crippen LogP) is 1.51. The largest absolute Gasteiger partial charge is 1.00 e. The molecule has 2 fully saturated rings. The Morgan fingerprint density at radius 2 is 1.76 bits per heavy atom. The molecule has 15 heteroatoms. The first-order valence-corrected chi connectivity index (χ1v) is 13.2. The summed E-state index contributed by atoms with van der Waals surface area (Å²) in [5.41, 5.74) is 0. The number of alkyl halides is 1. The van der Waals surface area contributed by atoms with E-state index in [1.54, 1.807) is 30.2 Å². The number of halogens is 3. The van der Waals surface area contributed by atoms with Crippen molar-refractivity contribution < 1.29 is 54.8 Å². The Morgan fingerprint density at radius 1 is 1.14 bits per heavy atom. The van der Waals surface area contributed by atoms with Crippen molar-refractivity contribution >= 4 is 67.2 Å². The Morgan fingerprint density at radius 3 is 2.27 bits per heavy atom. The van der Waals surface area contributed by atoms with Gasteiger partial charge in [0, 0.05) is 38.7 Å². The number of methoxy groups -OCH3 is 2. The third-order valence-corrected chi connectivity index (χ3v) is 5.98. The van der Waals surface area contributed by atoms with Gasteiger partial charge in [0.05, 0.1) is 23.2 Å². The standard InChI is InChI=1S/C9H11BrClN3O2.C9H10BrN3O2.C4H8O.Na.H/c1-16-8-6(10)2-3-7(13-8)14-9(15)12-5-4-11;1-15-8-6(10)2-3-7(12-8)13-5-4-11-9(13)14;1-2-4-5-3-1;;/h2-3H,4-5H2,1H3,(H2,12,13,14,15);2-3H,4-5H2,1H3,(H,11,14);1-4H2;;/q;;;+1;-1. The minimum atomic E-state index is -0.350. The van der Waals surface area contributed by atoms with E-state index in [9.17, 15) is 9.59 Å². The normalized spacial score (nSPS) is 13.6. The van der Waals surface area contributed by atoms with Gasteiger partial charge in [0.2, 0.25) is 11.8 Å². The summed E-state index contributed by atoms with van der Waals surface area (Å²) in [6, 6.07) is 6.52. The van der Waals surface area contributed by atoms with Gasteiger partial charge in [-0.1, -0.05) is 0 Å². The zero-order chi connectivity index (χ0) is 26.3. The molecular weight excluding hydrogens is 647 g/mol. The number of pyridine rings is 2. The first kappa shape index (κ1) is 33.7. The predicted molar refractivity (Wildman–Crippen MR) is 147 cm³/mol. The summed E-state index contributed by atoms with van der Waals surface area (Å²) >= 11 is 12.0. The molecule has 2 aromatic heterocycles. The van der Waals surface area contributed by atoms with Crippen LogP contribution < -0.4 is 59.9 Å². The van der Waals surface area contributed by atoms with Crippen molar-refractivity contribution in [3.05, 3.63) is 33.2 Å². The van der Waals surface area contributed by atoms with Gasteiger partial charge in [-0.2, -0.15) is 9.97 Å². The summed E-state index contributed by atoms with van der Waals surface area (Å²) in [6.07, 6.45) is 2.56. The fraction of sp³-hybridized carbons (Fsp3) is 0.455. The van der Waals surface area contributed by atoms with Crippen LogP contribution in [0.4, 0.5) is 21.2 Å². The molecule has 0 aromatic carbocycles. The van der Waals surface area contributed by atoms with E-state index in [2.05, 4.69) is 57.8 Å². The molecule has 4 amide bonds. The molecule has 2 aliphatic heterocycles. The maximum atomic E-state index is 11.4. The van der Waals surface area contributed by atoms with Crippen LogP contribution in [-0.4, -0.2) is 75.0 Å². The zero-order valence-electron chi connectivity index (χ0n) is 22.0. The molecule has 2 aliphatic rings. The Balaban J connectivity index is 0.000000583. The van der Waals surface area contributed by atoms with Crippen LogP contribution >= 0.6 is 43.5 Å². The summed E-state index contributed by atoms with van der Waals surface area (Å²) in [7, 11) is 3.05. The molecule has 2 aromatic rings. The Labute approximate surface area is 261 Å². The van der Waals surface area contributed by atoms with Gasteiger partial charge in [-0.05, 0) is 69.0 Å². The van der Waals surface area contributed by atoms with Gasteiger partial charge in [-0.15, -0.1) is 11.6 Å². The number of hydrogen-bond acceptors (Lipinski definition) is 7. The van der Waals surface area contributed by atoms with Gasteiger partial charge < -0.3 is 26.3 Å². The van der Waals surface area contributed by atoms with E-state index < -0.39 is 0 Å². The third-order valence-electron chi connectivity index (χ3n) is 4.58. The van der Waals surface area contributed by atoms with E-state index >= 15 is 0 Å². The molecule has 0 aliphatic carbocycles. The topological polar surface area (TPSA) is 127 Å². The van der Waals surface area contributed by atoms with Gasteiger partial charge in [0.1, 0.15) is 11.6 Å². The molecule has 4 heterocycles. The Bertz CT molecular complexity index is 1010. The number of amides is 4. The van der Waals surface area contributed by atoms with Gasteiger partial charge in [-0.25, -0.2) is 9.59 Å². The number of carbonyl (C=O) groups excluding carboxylic acids is 2. The van der Waals surface area contributed by atoms with E-state index in [0.29, 0.717) is 48.9 Å². The van der Waals surface area contributed by atoms with Crippen molar-refractivity contribution in [1.82, 2.24) is 20.6 Å². The van der Waals surface area contributed by atoms with E-state index in [-0.39, 0.29) is 43.0 Å². The van der Waals surface area contributed by atoms with Crippen LogP contribution in [0.15, 0.2) is 33.2 Å². The number of ether oxygens (including phenoxy) is 3. The summed E-state index contributed by atoms with van der Waals surface area (Å²) < 4.78 is 16.5. The first-order valence-electron chi connectivity index (χ1n) is 11.0. The van der Waals surface area contributed by atoms with E-state index in [4.69, 9.17) is 25.8 Å². The maximum Gasteiger partial charge on any atom is 1.00 e. The molecule has 0 spiro atoms. The third kappa shape index (κ3) is 11.9. The van der Waals surface area contributed by atoms with Crippen molar-refractivity contribution in [2.45, 2.75) is 12.8 Å². The number of nitrogens with zero attached hydrogens (tertiary/aromatic N) is 3. The quantitative estimate of drug-likeness (QED) is 0.313. The number of rotatable bonds is 6. The minimum absolute atomic E-state index is 0. The van der Waals surface area contributed by atoms with E-state index in [1.165, 1.54) is 20.0 Å². The molecule has 0 saturated carbocycles. The minimum Gasteiger partial charge on any atom is -1.00 e. The second-order valence-electron chi connectivity index (χ2n) is 7.12. The van der Waals surface area contributed by atoms with Crippen LogP contribution in [0.3, 0.4) is 0 Å². The molecule has 0 unspecified atom stereocenters. The molecule has 4 rings (SSSR count). The van der Waals surface area contributed by atoms with Gasteiger partial charge >= 0.3 is 41.6 Å². The van der Waals surface area contributed by atoms with E-state index in [0.717, 1.165) is 22.2 Å². The smallest absolute Gasteiger partial charge is 1.00 e. The SMILES string of the molecule is C1CCOC1.COc1nc(N2CCNC2=O)ccc1Br.COc1nc(NC(=O)NCCCl)ccc1Br.[H-].[Na+]. The summed E-state index contributed by atoms with van der Waals surface area (Å²) in [4.78, 5) is 32.5. The molecule has 3 N–H and O–H groups in total. The fourth-order valence-electron chi connectivity index (χ4n) is 2.87. The Kier molecular flexibility index (Phi) is 17.1. The van der Waals surface area contributed by atoms with Crippen LogP contribution in [0.5, 0.6) is 11.8 Å². The molecule has 2 saturated heterocycles. The maximum absolute atomic E-state index is 11.4. The van der Waals surface area contributed by atoms with Gasteiger partial charge in [-0.3, -0.25) is 10.2 Å². The molecular formula is C22H30Br2ClN6NaO5. The van der Waals surface area contributed by atoms with Crippen molar-refractivity contribution in [3.63, 3.8) is 0 Å². The van der Waals surface area contributed by atoms with Crippen LogP contribution in [0.1, 0.15) is 14.3 Å². The second-order valence-corrected chi connectivity index (χ2v) is 9.21. The molecule has 0 bridgehead atoms. The number of urea groups is 2. The average Bonchev–Trinajstić information content (AvgIpc) is 3.60. The first-order chi connectivity index (χ1) is 17.4. The molecule has 200 valence electrons. The van der Waals surface area contributed by atoms with Crippen molar-refractivity contribution in [3.8, 4) is 11.8 Å². The number of nitrogens with one attached hydrogen (secondary N) is 3. The zero-order valence-corrected chi connectivity index (χ0v) is 26.9. The average molecular weight is 677 g/mol. The van der Waals surface area contributed by atoms with Crippen molar-refractivity contribution in [1.29, 1.82) is 0 Å². The number of anilines is 2. The van der Waals surface area contributed by atoms with Crippen LogP contribution in [0, 0.1) is 0 Å². The summed E-state index contributed by atoms with van der Waals surface area (Å²) in [5, 5.41) is 7.83. The second kappa shape index (κ2) is 18.8. The summed E-state index contributed by atoms with van der Waals surface area (Å²) in [6.45, 7) is 3.69. The van der Waals surface area contributed by atoms with Crippen molar-refractivity contribution in [2.75, 3.05) is 63.2 Å². The van der Waals surface area contributed by atoms with Gasteiger partial charge in [0.25, 0.3) is 0 Å². The number of aromatic nitrogens is 2. The van der Waals surface area contributed by atoms with E-state index in [1.807, 2.05) is 6.07 Å². The fourth-order valence-corrected chi connectivity index (χ4v) is 3.73. The van der Waals surface area contributed by atoms with Crippen LogP contribution in [0.25, 0.3) is 0 Å². The number of carbonyl (C=O) groups is 2.